The monoisotopic (exact) mass is 258 g/mol. The van der Waals surface area contributed by atoms with Crippen LogP contribution in [-0.2, 0) is 9.53 Å². The molecule has 0 amide bonds. The van der Waals surface area contributed by atoms with Gasteiger partial charge in [-0.15, -0.1) is 12.6 Å². The van der Waals surface area contributed by atoms with Gasteiger partial charge in [0.15, 0.2) is 0 Å². The van der Waals surface area contributed by atoms with Crippen molar-refractivity contribution in [3.8, 4) is 5.75 Å². The Hall–Kier alpha value is -1.13. The zero-order valence-corrected chi connectivity index (χ0v) is 10.5. The van der Waals surface area contributed by atoms with Crippen LogP contribution in [0.25, 0.3) is 6.08 Å². The van der Waals surface area contributed by atoms with Gasteiger partial charge in [-0.3, -0.25) is 0 Å². The highest BCUT2D eigenvalue weighted by atomic mass is 35.5. The zero-order valence-electron chi connectivity index (χ0n) is 8.86. The van der Waals surface area contributed by atoms with Crippen LogP contribution in [0.1, 0.15) is 5.56 Å². The molecule has 0 heterocycles. The average molecular weight is 259 g/mol. The van der Waals surface area contributed by atoms with Gasteiger partial charge in [-0.2, -0.15) is 0 Å². The van der Waals surface area contributed by atoms with E-state index in [0.29, 0.717) is 10.6 Å². The van der Waals surface area contributed by atoms with E-state index in [1.165, 1.54) is 13.2 Å². The maximum absolute atomic E-state index is 11.1. The Labute approximate surface area is 104 Å². The third-order valence-corrected chi connectivity index (χ3v) is 2.51. The molecule has 1 aromatic rings. The fourth-order valence-electron chi connectivity index (χ4n) is 1.09. The number of methoxy groups -OCH3 is 2. The van der Waals surface area contributed by atoms with E-state index in [4.69, 9.17) is 16.3 Å². The number of ether oxygens (including phenoxy) is 2. The zero-order chi connectivity index (χ0) is 12.1. The van der Waals surface area contributed by atoms with Crippen LogP contribution in [0, 0.1) is 0 Å². The topological polar surface area (TPSA) is 35.5 Å². The summed E-state index contributed by atoms with van der Waals surface area (Å²) in [5.74, 6) is 0.0435. The molecule has 0 unspecified atom stereocenters. The predicted molar refractivity (Wildman–Crippen MR) is 66.1 cm³/mol. The van der Waals surface area contributed by atoms with Crippen molar-refractivity contribution in [3.63, 3.8) is 0 Å². The lowest BCUT2D eigenvalue weighted by molar-refractivity contribution is -0.135. The molecule has 16 heavy (non-hydrogen) atoms. The Balaban J connectivity index is 3.02. The van der Waals surface area contributed by atoms with E-state index in [1.54, 1.807) is 25.3 Å². The molecule has 86 valence electrons. The standard InChI is InChI=1S/C11H11ClO3S/c1-14-9-6-7(3-4-10(9)16)5-8(12)11(13)15-2/h3-6,16H,1-2H3. The molecule has 0 saturated carbocycles. The summed E-state index contributed by atoms with van der Waals surface area (Å²) in [6.45, 7) is 0. The van der Waals surface area contributed by atoms with E-state index < -0.39 is 5.97 Å². The summed E-state index contributed by atoms with van der Waals surface area (Å²) in [5, 5.41) is 0.0106. The fourth-order valence-corrected chi connectivity index (χ4v) is 1.52. The second-order valence-electron chi connectivity index (χ2n) is 2.92. The van der Waals surface area contributed by atoms with Gasteiger partial charge in [-0.05, 0) is 23.8 Å². The van der Waals surface area contributed by atoms with E-state index in [-0.39, 0.29) is 5.03 Å². The lowest BCUT2D eigenvalue weighted by Gasteiger charge is -2.04. The van der Waals surface area contributed by atoms with E-state index in [1.807, 2.05) is 0 Å². The van der Waals surface area contributed by atoms with Crippen molar-refractivity contribution >= 4 is 36.3 Å². The molecule has 0 aliphatic heterocycles. The summed E-state index contributed by atoms with van der Waals surface area (Å²) in [4.78, 5) is 11.8. The third-order valence-electron chi connectivity index (χ3n) is 1.88. The first kappa shape index (κ1) is 12.9. The first-order valence-corrected chi connectivity index (χ1v) is 5.23. The van der Waals surface area contributed by atoms with Crippen molar-refractivity contribution < 1.29 is 14.3 Å². The number of rotatable bonds is 3. The summed E-state index contributed by atoms with van der Waals surface area (Å²) < 4.78 is 9.57. The fraction of sp³-hybridized carbons (Fsp3) is 0.182. The van der Waals surface area contributed by atoms with Crippen LogP contribution < -0.4 is 4.74 Å². The second kappa shape index (κ2) is 5.82. The van der Waals surface area contributed by atoms with Crippen LogP contribution in [0.4, 0.5) is 0 Å². The van der Waals surface area contributed by atoms with Crippen molar-refractivity contribution in [2.45, 2.75) is 4.90 Å². The summed E-state index contributed by atoms with van der Waals surface area (Å²) >= 11 is 9.93. The molecular formula is C11H11ClO3S. The van der Waals surface area contributed by atoms with E-state index >= 15 is 0 Å². The highest BCUT2D eigenvalue weighted by Gasteiger charge is 2.06. The minimum atomic E-state index is -0.574. The van der Waals surface area contributed by atoms with Crippen molar-refractivity contribution in [1.82, 2.24) is 0 Å². The molecule has 1 aromatic carbocycles. The number of carbonyl (C=O) groups excluding carboxylic acids is 1. The molecule has 0 radical (unpaired) electrons. The Bertz CT molecular complexity index is 429. The Morgan fingerprint density at radius 1 is 1.44 bits per heavy atom. The van der Waals surface area contributed by atoms with Gasteiger partial charge in [0, 0.05) is 4.90 Å². The molecule has 0 bridgehead atoms. The van der Waals surface area contributed by atoms with Crippen LogP contribution in [0.2, 0.25) is 0 Å². The summed E-state index contributed by atoms with van der Waals surface area (Å²) in [5.41, 5.74) is 0.741. The van der Waals surface area contributed by atoms with Gasteiger partial charge in [0.1, 0.15) is 10.8 Å². The maximum Gasteiger partial charge on any atom is 0.349 e. The van der Waals surface area contributed by atoms with Gasteiger partial charge in [0.25, 0.3) is 0 Å². The van der Waals surface area contributed by atoms with Crippen molar-refractivity contribution in [2.75, 3.05) is 14.2 Å². The number of carbonyl (C=O) groups is 1. The number of halogens is 1. The summed E-state index contributed by atoms with van der Waals surface area (Å²) in [6.07, 6.45) is 1.50. The Morgan fingerprint density at radius 2 is 2.12 bits per heavy atom. The molecule has 0 spiro atoms. The smallest absolute Gasteiger partial charge is 0.349 e. The van der Waals surface area contributed by atoms with Crippen LogP contribution in [0.3, 0.4) is 0 Å². The molecule has 1 rings (SSSR count). The highest BCUT2D eigenvalue weighted by molar-refractivity contribution is 7.80. The van der Waals surface area contributed by atoms with Crippen LogP contribution in [0.15, 0.2) is 28.1 Å². The second-order valence-corrected chi connectivity index (χ2v) is 3.80. The molecule has 0 aromatic heterocycles. The minimum Gasteiger partial charge on any atom is -0.496 e. The van der Waals surface area contributed by atoms with Crippen LogP contribution in [-0.4, -0.2) is 20.2 Å². The van der Waals surface area contributed by atoms with E-state index in [0.717, 1.165) is 5.56 Å². The third kappa shape index (κ3) is 3.18. The SMILES string of the molecule is COC(=O)C(Cl)=Cc1ccc(S)c(OC)c1. The largest absolute Gasteiger partial charge is 0.496 e. The Morgan fingerprint density at radius 3 is 2.69 bits per heavy atom. The van der Waals surface area contributed by atoms with E-state index in [2.05, 4.69) is 17.4 Å². The maximum atomic E-state index is 11.1. The predicted octanol–water partition coefficient (Wildman–Crippen LogP) is 2.74. The molecule has 5 heteroatoms. The average Bonchev–Trinajstić information content (AvgIpc) is 2.30. The molecule has 0 aliphatic rings. The first-order chi connectivity index (χ1) is 7.58. The summed E-state index contributed by atoms with van der Waals surface area (Å²) in [7, 11) is 2.82. The lowest BCUT2D eigenvalue weighted by Crippen LogP contribution is -1.99. The molecule has 0 atom stereocenters. The van der Waals surface area contributed by atoms with Gasteiger partial charge in [0.2, 0.25) is 0 Å². The molecule has 0 aliphatic carbocycles. The number of esters is 1. The molecule has 0 saturated heterocycles. The summed E-state index contributed by atoms with van der Waals surface area (Å²) in [6, 6.07) is 5.26. The minimum absolute atomic E-state index is 0.0106. The number of thiol groups is 1. The first-order valence-electron chi connectivity index (χ1n) is 4.41. The van der Waals surface area contributed by atoms with E-state index in [9.17, 15) is 4.79 Å². The Kier molecular flexibility index (Phi) is 4.71. The van der Waals surface area contributed by atoms with Crippen molar-refractivity contribution in [3.05, 3.63) is 28.8 Å². The highest BCUT2D eigenvalue weighted by Crippen LogP contribution is 2.25. The molecule has 0 fully saturated rings. The van der Waals surface area contributed by atoms with Gasteiger partial charge < -0.3 is 9.47 Å². The van der Waals surface area contributed by atoms with Crippen molar-refractivity contribution in [2.24, 2.45) is 0 Å². The number of benzene rings is 1. The molecule has 3 nitrogen and oxygen atoms in total. The normalized spacial score (nSPS) is 11.1. The quantitative estimate of drug-likeness (QED) is 0.514. The van der Waals surface area contributed by atoms with Gasteiger partial charge >= 0.3 is 5.97 Å². The molecular weight excluding hydrogens is 248 g/mol. The number of hydrogen-bond donors (Lipinski definition) is 1. The lowest BCUT2D eigenvalue weighted by atomic mass is 10.2. The van der Waals surface area contributed by atoms with Gasteiger partial charge in [-0.1, -0.05) is 17.7 Å². The molecule has 0 N–H and O–H groups in total. The van der Waals surface area contributed by atoms with Crippen molar-refractivity contribution in [1.29, 1.82) is 0 Å². The van der Waals surface area contributed by atoms with Gasteiger partial charge in [0.05, 0.1) is 14.2 Å². The van der Waals surface area contributed by atoms with Crippen LogP contribution in [0.5, 0.6) is 5.75 Å². The number of hydrogen-bond acceptors (Lipinski definition) is 4. The van der Waals surface area contributed by atoms with Gasteiger partial charge in [-0.25, -0.2) is 4.79 Å². The van der Waals surface area contributed by atoms with Crippen LogP contribution >= 0.6 is 24.2 Å².